The van der Waals surface area contributed by atoms with E-state index in [1.165, 1.54) is 11.1 Å². The fourth-order valence-electron chi connectivity index (χ4n) is 11.2. The zero-order valence-corrected chi connectivity index (χ0v) is 45.9. The van der Waals surface area contributed by atoms with Crippen molar-refractivity contribution in [3.05, 3.63) is 142 Å². The van der Waals surface area contributed by atoms with Crippen molar-refractivity contribution in [3.63, 3.8) is 0 Å². The highest BCUT2D eigenvalue weighted by atomic mass is 35.5. The first-order chi connectivity index (χ1) is 35.8. The summed E-state index contributed by atoms with van der Waals surface area (Å²) in [5.41, 5.74) is 7.94. The van der Waals surface area contributed by atoms with E-state index in [1.807, 2.05) is 72.8 Å². The number of ketones is 1. The highest BCUT2D eigenvalue weighted by Gasteiger charge is 2.41. The molecule has 76 heavy (non-hydrogen) atoms. The zero-order valence-electron chi connectivity index (χ0n) is 44.2. The second-order valence-corrected chi connectivity index (χ2v) is 20.8. The summed E-state index contributed by atoms with van der Waals surface area (Å²) in [5.74, 6) is -1.59. The average Bonchev–Trinajstić information content (AvgIpc) is 4.13. The number of fused-ring (bicyclic) bond motifs is 2. The van der Waals surface area contributed by atoms with E-state index in [4.69, 9.17) is 0 Å². The number of likely N-dealkylation sites (tertiary alicyclic amines) is 2. The normalized spacial score (nSPS) is 20.2. The summed E-state index contributed by atoms with van der Waals surface area (Å²) in [5, 5.41) is 18.3. The first kappa shape index (κ1) is 59.1. The lowest BCUT2D eigenvalue weighted by molar-refractivity contribution is -0.141. The number of hydrogen-bond donors (Lipinski definition) is 6. The van der Waals surface area contributed by atoms with Gasteiger partial charge in [-0.15, -0.1) is 24.8 Å². The Kier molecular flexibility index (Phi) is 21.6. The van der Waals surface area contributed by atoms with Gasteiger partial charge in [-0.1, -0.05) is 97.1 Å². The van der Waals surface area contributed by atoms with Gasteiger partial charge in [-0.05, 0) is 137 Å². The van der Waals surface area contributed by atoms with Crippen molar-refractivity contribution in [3.8, 4) is 0 Å². The molecule has 2 saturated heterocycles. The standard InChI is InChI=1S/C59H74N8O7.2ClH/c1-37(60-3)54(69)64-50(58(73)66-31-11-21-52(66)56(71)62-48-19-9-15-43-13-5-7-17-46(43)48)35-41-27-23-39(24-28-41)33-45(68)34-40-25-29-42(30-26-40)36-51(65-55(70)38(2)61-4)59(74)67-32-12-22-53(67)57(72)63-49-20-10-16-44-14-6-8-18-47(44)49;;/h5-8,13-14,17-18,23-30,37-38,48-53,60-61H,9-12,15-16,19-22,31-36H2,1-4H3,(H,62,71)(H,63,72)(H,64,69)(H,65,70);2*1H/t37-,38-,48+,49+,50-,51-,52-,53-;;/m0../s1. The number of aryl methyl sites for hydroxylation is 2. The van der Waals surface area contributed by atoms with Crippen LogP contribution >= 0.6 is 24.8 Å². The lowest BCUT2D eigenvalue weighted by Gasteiger charge is -2.32. The minimum Gasteiger partial charge on any atom is -0.347 e. The maximum Gasteiger partial charge on any atom is 0.246 e. The molecule has 0 bridgehead atoms. The molecule has 6 amide bonds. The minimum atomic E-state index is -0.909. The minimum absolute atomic E-state index is 0. The van der Waals surface area contributed by atoms with Crippen LogP contribution in [0.3, 0.4) is 0 Å². The quantitative estimate of drug-likeness (QED) is 0.0660. The van der Waals surface area contributed by atoms with Gasteiger partial charge in [0.25, 0.3) is 0 Å². The van der Waals surface area contributed by atoms with Gasteiger partial charge in [-0.2, -0.15) is 0 Å². The molecule has 2 heterocycles. The van der Waals surface area contributed by atoms with Crippen molar-refractivity contribution in [2.75, 3.05) is 27.2 Å². The maximum absolute atomic E-state index is 14.4. The zero-order chi connectivity index (χ0) is 52.3. The molecule has 0 radical (unpaired) electrons. The predicted molar refractivity (Wildman–Crippen MR) is 298 cm³/mol. The molecular weight excluding hydrogens is 1000 g/mol. The molecule has 0 spiro atoms. The van der Waals surface area contributed by atoms with Crippen molar-refractivity contribution < 1.29 is 33.6 Å². The Bertz CT molecular complexity index is 2490. The Morgan fingerprint density at radius 2 is 0.868 bits per heavy atom. The number of Topliss-reactive ketones (excluding diaryl/α,β-unsaturated/α-hetero) is 1. The second-order valence-electron chi connectivity index (χ2n) is 20.8. The Morgan fingerprint density at radius 1 is 0.500 bits per heavy atom. The highest BCUT2D eigenvalue weighted by Crippen LogP contribution is 2.32. The van der Waals surface area contributed by atoms with Gasteiger partial charge in [-0.3, -0.25) is 33.6 Å². The summed E-state index contributed by atoms with van der Waals surface area (Å²) in [7, 11) is 3.36. The molecule has 2 fully saturated rings. The number of halogens is 2. The van der Waals surface area contributed by atoms with Crippen molar-refractivity contribution in [2.45, 2.75) is 152 Å². The molecule has 0 unspecified atom stereocenters. The number of likely N-dealkylation sites (N-methyl/N-ethyl adjacent to an activating group) is 2. The first-order valence-corrected chi connectivity index (χ1v) is 26.8. The van der Waals surface area contributed by atoms with Crippen LogP contribution in [0.15, 0.2) is 97.1 Å². The maximum atomic E-state index is 14.4. The molecule has 0 aromatic heterocycles. The van der Waals surface area contributed by atoms with E-state index in [9.17, 15) is 33.6 Å². The molecule has 8 rings (SSSR count). The summed E-state index contributed by atoms with van der Waals surface area (Å²) >= 11 is 0. The van der Waals surface area contributed by atoms with E-state index in [2.05, 4.69) is 56.2 Å². The Morgan fingerprint density at radius 3 is 1.25 bits per heavy atom. The molecular formula is C59H76Cl2N8O7. The SMILES string of the molecule is CN[C@@H](C)C(=O)N[C@@H](Cc1ccc(CC(=O)Cc2ccc(C[C@H](NC(=O)[C@H](C)NC)C(=O)N3CCC[C@H]3C(=O)N[C@@H]3CCCc4ccccc43)cc2)cc1)C(=O)N1CCC[C@H]1C(=O)N[C@@H]1CCCc2ccccc21.Cl.Cl. The van der Waals surface area contributed by atoms with Crippen molar-refractivity contribution in [1.82, 2.24) is 41.7 Å². The van der Waals surface area contributed by atoms with Gasteiger partial charge >= 0.3 is 0 Å². The fraction of sp³-hybridized carbons (Fsp3) is 0.475. The van der Waals surface area contributed by atoms with Crippen LogP contribution in [0.2, 0.25) is 0 Å². The van der Waals surface area contributed by atoms with Crippen LogP contribution in [0, 0.1) is 0 Å². The molecule has 4 aromatic rings. The lowest BCUT2D eigenvalue weighted by Crippen LogP contribution is -2.56. The van der Waals surface area contributed by atoms with Crippen molar-refractivity contribution in [1.29, 1.82) is 0 Å². The number of nitrogens with zero attached hydrogens (tertiary/aromatic N) is 2. The summed E-state index contributed by atoms with van der Waals surface area (Å²) < 4.78 is 0. The van der Waals surface area contributed by atoms with Crippen LogP contribution in [0.4, 0.5) is 0 Å². The largest absolute Gasteiger partial charge is 0.347 e. The van der Waals surface area contributed by atoms with Crippen molar-refractivity contribution >= 4 is 66.0 Å². The van der Waals surface area contributed by atoms with Crippen LogP contribution in [-0.2, 0) is 72.1 Å². The van der Waals surface area contributed by atoms with Crippen LogP contribution in [0.1, 0.15) is 122 Å². The lowest BCUT2D eigenvalue weighted by atomic mass is 9.87. The molecule has 4 aromatic carbocycles. The number of carbonyl (C=O) groups excluding carboxylic acids is 7. The van der Waals surface area contributed by atoms with Crippen LogP contribution in [-0.4, -0.2) is 114 Å². The highest BCUT2D eigenvalue weighted by molar-refractivity contribution is 5.95. The van der Waals surface area contributed by atoms with Gasteiger partial charge in [0.2, 0.25) is 35.4 Å². The fourth-order valence-corrected chi connectivity index (χ4v) is 11.2. The number of benzene rings is 4. The number of nitrogens with one attached hydrogen (secondary N) is 6. The third kappa shape index (κ3) is 14.7. The van der Waals surface area contributed by atoms with Gasteiger partial charge in [0.15, 0.2) is 0 Å². The Labute approximate surface area is 460 Å². The Hall–Kier alpha value is -6.13. The van der Waals surface area contributed by atoms with Crippen LogP contribution in [0.5, 0.6) is 0 Å². The molecule has 0 saturated carbocycles. The van der Waals surface area contributed by atoms with Crippen LogP contribution < -0.4 is 31.9 Å². The number of carbonyl (C=O) groups is 7. The van der Waals surface area contributed by atoms with E-state index in [0.717, 1.165) is 71.9 Å². The van der Waals surface area contributed by atoms with E-state index in [-0.39, 0.29) is 104 Å². The van der Waals surface area contributed by atoms with E-state index >= 15 is 0 Å². The van der Waals surface area contributed by atoms with Crippen molar-refractivity contribution in [2.24, 2.45) is 0 Å². The first-order valence-electron chi connectivity index (χ1n) is 26.8. The monoisotopic (exact) mass is 1080 g/mol. The van der Waals surface area contributed by atoms with E-state index < -0.39 is 36.3 Å². The number of rotatable bonds is 20. The van der Waals surface area contributed by atoms with Gasteiger partial charge in [0, 0.05) is 38.8 Å². The smallest absolute Gasteiger partial charge is 0.246 e. The molecule has 15 nitrogen and oxygen atoms in total. The topological polar surface area (TPSA) is 198 Å². The van der Waals surface area contributed by atoms with Gasteiger partial charge < -0.3 is 41.7 Å². The summed E-state index contributed by atoms with van der Waals surface area (Å²) in [4.78, 5) is 99.6. The second kappa shape index (κ2) is 27.8. The molecule has 2 aliphatic heterocycles. The van der Waals surface area contributed by atoms with E-state index in [1.54, 1.807) is 37.7 Å². The van der Waals surface area contributed by atoms with Crippen LogP contribution in [0.25, 0.3) is 0 Å². The molecule has 6 N–H and O–H groups in total. The molecule has 17 heteroatoms. The molecule has 2 aliphatic carbocycles. The molecule has 4 aliphatic rings. The average molecular weight is 1080 g/mol. The van der Waals surface area contributed by atoms with Gasteiger partial charge in [0.1, 0.15) is 30.0 Å². The molecule has 408 valence electrons. The number of amides is 6. The predicted octanol–water partition coefficient (Wildman–Crippen LogP) is 5.52. The Balaban J connectivity index is 0.00000469. The number of hydrogen-bond acceptors (Lipinski definition) is 9. The molecule has 8 atom stereocenters. The van der Waals surface area contributed by atoms with Gasteiger partial charge in [0.05, 0.1) is 24.2 Å². The van der Waals surface area contributed by atoms with Gasteiger partial charge in [-0.25, -0.2) is 0 Å². The third-order valence-electron chi connectivity index (χ3n) is 15.7. The summed E-state index contributed by atoms with van der Waals surface area (Å²) in [6.45, 7) is 4.29. The summed E-state index contributed by atoms with van der Waals surface area (Å²) in [6, 6.07) is 27.0. The summed E-state index contributed by atoms with van der Waals surface area (Å²) in [6.07, 6.45) is 8.81. The van der Waals surface area contributed by atoms with E-state index in [0.29, 0.717) is 38.8 Å². The third-order valence-corrected chi connectivity index (χ3v) is 15.7.